The summed E-state index contributed by atoms with van der Waals surface area (Å²) in [6.07, 6.45) is 0. The second kappa shape index (κ2) is 7.57. The van der Waals surface area contributed by atoms with Gasteiger partial charge >= 0.3 is 0 Å². The largest absolute Gasteiger partial charge is 0.492 e. The Balaban J connectivity index is 1.73. The molecule has 0 unspecified atom stereocenters. The molecule has 0 saturated carbocycles. The molecular formula is C15H23N3OS. The number of hydrogen-bond acceptors (Lipinski definition) is 4. The van der Waals surface area contributed by atoms with Crippen LogP contribution >= 0.6 is 12.2 Å². The van der Waals surface area contributed by atoms with Crippen LogP contribution in [0.2, 0.25) is 0 Å². The molecule has 5 heteroatoms. The van der Waals surface area contributed by atoms with Crippen LogP contribution in [0.15, 0.2) is 24.3 Å². The SMILES string of the molecule is CCN1CCN(CCOc2cccc(C(N)=S)c2)CC1. The van der Waals surface area contributed by atoms with Crippen LogP contribution in [0.1, 0.15) is 12.5 Å². The number of hydrogen-bond donors (Lipinski definition) is 1. The monoisotopic (exact) mass is 293 g/mol. The molecule has 0 spiro atoms. The highest BCUT2D eigenvalue weighted by atomic mass is 32.1. The Hall–Kier alpha value is -1.17. The van der Waals surface area contributed by atoms with Gasteiger partial charge in [-0.25, -0.2) is 0 Å². The molecule has 1 saturated heterocycles. The molecule has 0 aliphatic carbocycles. The van der Waals surface area contributed by atoms with Crippen LogP contribution in [0.25, 0.3) is 0 Å². The number of thiocarbonyl (C=S) groups is 1. The summed E-state index contributed by atoms with van der Waals surface area (Å²) in [4.78, 5) is 5.33. The number of likely N-dealkylation sites (N-methyl/N-ethyl adjacent to an activating group) is 1. The lowest BCUT2D eigenvalue weighted by Gasteiger charge is -2.33. The first-order valence-corrected chi connectivity index (χ1v) is 7.57. The Bertz CT molecular complexity index is 444. The van der Waals surface area contributed by atoms with Gasteiger partial charge in [-0.2, -0.15) is 0 Å². The standard InChI is InChI=1S/C15H23N3OS/c1-2-17-6-8-18(9-7-17)10-11-19-14-5-3-4-13(12-14)15(16)20/h3-5,12H,2,6-11H2,1H3,(H2,16,20). The molecule has 0 amide bonds. The van der Waals surface area contributed by atoms with Crippen LogP contribution in [0.4, 0.5) is 0 Å². The fraction of sp³-hybridized carbons (Fsp3) is 0.533. The predicted molar refractivity (Wildman–Crippen MR) is 86.4 cm³/mol. The van der Waals surface area contributed by atoms with Gasteiger partial charge in [0.25, 0.3) is 0 Å². The summed E-state index contributed by atoms with van der Waals surface area (Å²) in [5, 5.41) is 0. The van der Waals surface area contributed by atoms with Crippen LogP contribution in [0, 0.1) is 0 Å². The maximum Gasteiger partial charge on any atom is 0.120 e. The van der Waals surface area contributed by atoms with Crippen molar-refractivity contribution in [1.82, 2.24) is 9.80 Å². The minimum absolute atomic E-state index is 0.408. The number of piperazine rings is 1. The van der Waals surface area contributed by atoms with E-state index < -0.39 is 0 Å². The zero-order valence-electron chi connectivity index (χ0n) is 12.0. The topological polar surface area (TPSA) is 41.7 Å². The van der Waals surface area contributed by atoms with Gasteiger partial charge in [0.1, 0.15) is 17.3 Å². The molecule has 2 N–H and O–H groups in total. The highest BCUT2D eigenvalue weighted by molar-refractivity contribution is 7.80. The molecule has 1 aromatic carbocycles. The lowest BCUT2D eigenvalue weighted by molar-refractivity contribution is 0.121. The second-order valence-electron chi connectivity index (χ2n) is 5.02. The zero-order valence-corrected chi connectivity index (χ0v) is 12.9. The van der Waals surface area contributed by atoms with E-state index in [-0.39, 0.29) is 0 Å². The summed E-state index contributed by atoms with van der Waals surface area (Å²) in [6.45, 7) is 9.61. The van der Waals surface area contributed by atoms with Crippen molar-refractivity contribution in [3.8, 4) is 5.75 Å². The Labute approximate surface area is 126 Å². The predicted octanol–water partition coefficient (Wildman–Crippen LogP) is 1.34. The van der Waals surface area contributed by atoms with Crippen molar-refractivity contribution in [2.75, 3.05) is 45.9 Å². The summed E-state index contributed by atoms with van der Waals surface area (Å²) in [7, 11) is 0. The van der Waals surface area contributed by atoms with Crippen LogP contribution in [-0.4, -0.2) is 60.7 Å². The average molecular weight is 293 g/mol. The van der Waals surface area contributed by atoms with E-state index in [2.05, 4.69) is 16.7 Å². The van der Waals surface area contributed by atoms with E-state index in [9.17, 15) is 0 Å². The molecule has 1 aromatic rings. The first-order chi connectivity index (χ1) is 9.69. The van der Waals surface area contributed by atoms with Crippen LogP contribution in [-0.2, 0) is 0 Å². The van der Waals surface area contributed by atoms with E-state index in [4.69, 9.17) is 22.7 Å². The van der Waals surface area contributed by atoms with Crippen molar-refractivity contribution in [1.29, 1.82) is 0 Å². The maximum atomic E-state index is 5.78. The van der Waals surface area contributed by atoms with Crippen molar-refractivity contribution < 1.29 is 4.74 Å². The van der Waals surface area contributed by atoms with Gasteiger partial charge in [-0.05, 0) is 18.7 Å². The molecule has 2 rings (SSSR count). The van der Waals surface area contributed by atoms with Gasteiger partial charge in [0, 0.05) is 38.3 Å². The fourth-order valence-electron chi connectivity index (χ4n) is 2.36. The molecule has 1 aliphatic rings. The third kappa shape index (κ3) is 4.44. The van der Waals surface area contributed by atoms with Gasteiger partial charge < -0.3 is 15.4 Å². The Kier molecular flexibility index (Phi) is 5.76. The first kappa shape index (κ1) is 15.2. The molecule has 1 heterocycles. The van der Waals surface area contributed by atoms with Crippen molar-refractivity contribution in [3.63, 3.8) is 0 Å². The summed E-state index contributed by atoms with van der Waals surface area (Å²) in [5.41, 5.74) is 6.47. The highest BCUT2D eigenvalue weighted by Crippen LogP contribution is 2.13. The number of ether oxygens (including phenoxy) is 1. The molecule has 20 heavy (non-hydrogen) atoms. The van der Waals surface area contributed by atoms with Crippen molar-refractivity contribution >= 4 is 17.2 Å². The molecule has 0 atom stereocenters. The minimum atomic E-state index is 0.408. The summed E-state index contributed by atoms with van der Waals surface area (Å²) in [6, 6.07) is 7.66. The van der Waals surface area contributed by atoms with Gasteiger partial charge in [-0.15, -0.1) is 0 Å². The summed E-state index contributed by atoms with van der Waals surface area (Å²) in [5.74, 6) is 0.836. The third-order valence-corrected chi connectivity index (χ3v) is 3.94. The van der Waals surface area contributed by atoms with Gasteiger partial charge in [-0.3, -0.25) is 4.90 Å². The lowest BCUT2D eigenvalue weighted by atomic mass is 10.2. The normalized spacial score (nSPS) is 17.1. The quantitative estimate of drug-likeness (QED) is 0.802. The molecule has 4 nitrogen and oxygen atoms in total. The second-order valence-corrected chi connectivity index (χ2v) is 5.46. The molecule has 1 fully saturated rings. The van der Waals surface area contributed by atoms with E-state index in [1.54, 1.807) is 0 Å². The molecule has 0 radical (unpaired) electrons. The van der Waals surface area contributed by atoms with E-state index in [0.29, 0.717) is 11.6 Å². The van der Waals surface area contributed by atoms with E-state index in [1.165, 1.54) is 0 Å². The van der Waals surface area contributed by atoms with Crippen molar-refractivity contribution in [2.45, 2.75) is 6.92 Å². The summed E-state index contributed by atoms with van der Waals surface area (Å²) >= 11 is 4.97. The van der Waals surface area contributed by atoms with Crippen molar-refractivity contribution in [3.05, 3.63) is 29.8 Å². The van der Waals surface area contributed by atoms with Gasteiger partial charge in [0.05, 0.1) is 0 Å². The highest BCUT2D eigenvalue weighted by Gasteiger charge is 2.14. The number of rotatable bonds is 6. The van der Waals surface area contributed by atoms with E-state index in [1.807, 2.05) is 24.3 Å². The van der Waals surface area contributed by atoms with Crippen LogP contribution in [0.5, 0.6) is 5.75 Å². The van der Waals surface area contributed by atoms with Gasteiger partial charge in [-0.1, -0.05) is 31.3 Å². The average Bonchev–Trinajstić information content (AvgIpc) is 2.48. The van der Waals surface area contributed by atoms with Crippen molar-refractivity contribution in [2.24, 2.45) is 5.73 Å². The van der Waals surface area contributed by atoms with E-state index >= 15 is 0 Å². The molecule has 110 valence electrons. The third-order valence-electron chi connectivity index (χ3n) is 3.71. The number of benzene rings is 1. The lowest BCUT2D eigenvalue weighted by Crippen LogP contribution is -2.47. The molecule has 0 aromatic heterocycles. The number of nitrogens with zero attached hydrogens (tertiary/aromatic N) is 2. The number of nitrogens with two attached hydrogens (primary N) is 1. The maximum absolute atomic E-state index is 5.78. The Morgan fingerprint density at radius 3 is 2.60 bits per heavy atom. The van der Waals surface area contributed by atoms with Gasteiger partial charge in [0.15, 0.2) is 0 Å². The first-order valence-electron chi connectivity index (χ1n) is 7.16. The Morgan fingerprint density at radius 2 is 1.95 bits per heavy atom. The summed E-state index contributed by atoms with van der Waals surface area (Å²) < 4.78 is 5.78. The van der Waals surface area contributed by atoms with E-state index in [0.717, 1.165) is 50.6 Å². The zero-order chi connectivity index (χ0) is 14.4. The molecule has 0 bridgehead atoms. The van der Waals surface area contributed by atoms with Gasteiger partial charge in [0.2, 0.25) is 0 Å². The van der Waals surface area contributed by atoms with Crippen LogP contribution < -0.4 is 10.5 Å². The molecule has 1 aliphatic heterocycles. The molecular weight excluding hydrogens is 270 g/mol. The minimum Gasteiger partial charge on any atom is -0.492 e. The fourth-order valence-corrected chi connectivity index (χ4v) is 2.49. The Morgan fingerprint density at radius 1 is 1.25 bits per heavy atom. The van der Waals surface area contributed by atoms with Crippen LogP contribution in [0.3, 0.4) is 0 Å². The smallest absolute Gasteiger partial charge is 0.120 e.